The zero-order chi connectivity index (χ0) is 11.7. The third-order valence-electron chi connectivity index (χ3n) is 3.66. The number of carbonyl (C=O) groups excluding carboxylic acids is 2. The van der Waals surface area contributed by atoms with Crippen LogP contribution in [-0.2, 0) is 0 Å². The van der Waals surface area contributed by atoms with E-state index in [0.29, 0.717) is 24.2 Å². The van der Waals surface area contributed by atoms with E-state index in [4.69, 9.17) is 0 Å². The van der Waals surface area contributed by atoms with Gasteiger partial charge in [-0.3, -0.25) is 9.59 Å². The Bertz CT molecular complexity index is 485. The highest BCUT2D eigenvalue weighted by Gasteiger charge is 2.60. The van der Waals surface area contributed by atoms with Gasteiger partial charge in [0.05, 0.1) is 0 Å². The van der Waals surface area contributed by atoms with Crippen LogP contribution in [0, 0.1) is 19.3 Å². The predicted octanol–water partition coefficient (Wildman–Crippen LogP) is 1.68. The van der Waals surface area contributed by atoms with Gasteiger partial charge in [0, 0.05) is 34.0 Å². The van der Waals surface area contributed by atoms with Crippen molar-refractivity contribution in [2.24, 2.45) is 5.41 Å². The topological polar surface area (TPSA) is 37.4 Å². The first kappa shape index (κ1) is 10.2. The lowest BCUT2D eigenvalue weighted by Crippen LogP contribution is -2.60. The minimum absolute atomic E-state index is 0.0625. The molecule has 16 heavy (non-hydrogen) atoms. The van der Waals surface area contributed by atoms with Crippen molar-refractivity contribution in [2.75, 3.05) is 20.1 Å². The molecule has 1 spiro atoms. The molecule has 0 unspecified atom stereocenters. The number of rotatable bonds is 0. The van der Waals surface area contributed by atoms with Gasteiger partial charge in [0.15, 0.2) is 11.6 Å². The molecule has 0 aromatic carbocycles. The molecule has 0 amide bonds. The van der Waals surface area contributed by atoms with Crippen LogP contribution < -0.4 is 0 Å². The van der Waals surface area contributed by atoms with E-state index >= 15 is 0 Å². The Kier molecular flexibility index (Phi) is 1.79. The normalized spacial score (nSPS) is 22.7. The van der Waals surface area contributed by atoms with Crippen molar-refractivity contribution >= 4 is 22.9 Å². The fourth-order valence-corrected chi connectivity index (χ4v) is 4.03. The summed E-state index contributed by atoms with van der Waals surface area (Å²) in [6, 6.07) is 0. The Hall–Kier alpha value is -1.00. The number of nitrogens with zero attached hydrogens (tertiary/aromatic N) is 1. The van der Waals surface area contributed by atoms with E-state index in [1.807, 2.05) is 25.8 Å². The number of Topliss-reactive ketones (excluding diaryl/α,β-unsaturated/α-hetero) is 2. The smallest absolute Gasteiger partial charge is 0.181 e. The third-order valence-corrected chi connectivity index (χ3v) is 4.68. The number of thiophene rings is 1. The van der Waals surface area contributed by atoms with E-state index in [9.17, 15) is 9.59 Å². The van der Waals surface area contributed by atoms with Crippen LogP contribution in [0.25, 0.3) is 0 Å². The quantitative estimate of drug-likeness (QED) is 0.642. The van der Waals surface area contributed by atoms with Gasteiger partial charge in [-0.1, -0.05) is 0 Å². The summed E-state index contributed by atoms with van der Waals surface area (Å²) in [5.74, 6) is 0.125. The molecular formula is C12H13NO2S. The maximum absolute atomic E-state index is 12.4. The Labute approximate surface area is 98.1 Å². The maximum Gasteiger partial charge on any atom is 0.181 e. The number of carbonyl (C=O) groups is 2. The van der Waals surface area contributed by atoms with Gasteiger partial charge in [-0.25, -0.2) is 0 Å². The van der Waals surface area contributed by atoms with E-state index in [2.05, 4.69) is 0 Å². The van der Waals surface area contributed by atoms with Crippen molar-refractivity contribution in [1.82, 2.24) is 4.90 Å². The predicted molar refractivity (Wildman–Crippen MR) is 62.4 cm³/mol. The van der Waals surface area contributed by atoms with E-state index < -0.39 is 5.41 Å². The maximum atomic E-state index is 12.4. The molecule has 1 fully saturated rings. The SMILES string of the molecule is Cc1sc(C)c2c1C(=O)C1(CN(C)C1)C2=O. The summed E-state index contributed by atoms with van der Waals surface area (Å²) in [4.78, 5) is 28.7. The summed E-state index contributed by atoms with van der Waals surface area (Å²) >= 11 is 1.56. The molecule has 3 nitrogen and oxygen atoms in total. The number of hydrogen-bond acceptors (Lipinski definition) is 4. The van der Waals surface area contributed by atoms with Crippen molar-refractivity contribution in [2.45, 2.75) is 13.8 Å². The first-order valence-electron chi connectivity index (χ1n) is 5.35. The lowest BCUT2D eigenvalue weighted by molar-refractivity contribution is 0.0272. The highest BCUT2D eigenvalue weighted by molar-refractivity contribution is 7.12. The largest absolute Gasteiger partial charge is 0.303 e. The van der Waals surface area contributed by atoms with Crippen LogP contribution in [-0.4, -0.2) is 36.6 Å². The summed E-state index contributed by atoms with van der Waals surface area (Å²) in [7, 11) is 1.94. The molecule has 0 radical (unpaired) electrons. The first-order chi connectivity index (χ1) is 7.47. The molecule has 1 saturated heterocycles. The highest BCUT2D eigenvalue weighted by atomic mass is 32.1. The van der Waals surface area contributed by atoms with Crippen molar-refractivity contribution in [3.63, 3.8) is 0 Å². The van der Waals surface area contributed by atoms with Gasteiger partial charge in [0.2, 0.25) is 0 Å². The molecule has 2 heterocycles. The Morgan fingerprint density at radius 3 is 1.88 bits per heavy atom. The molecule has 1 aliphatic heterocycles. The Morgan fingerprint density at radius 2 is 1.50 bits per heavy atom. The summed E-state index contributed by atoms with van der Waals surface area (Å²) in [5, 5.41) is 0. The van der Waals surface area contributed by atoms with Gasteiger partial charge >= 0.3 is 0 Å². The molecule has 0 saturated carbocycles. The van der Waals surface area contributed by atoms with Gasteiger partial charge in [0.1, 0.15) is 5.41 Å². The van der Waals surface area contributed by atoms with Crippen LogP contribution in [0.5, 0.6) is 0 Å². The minimum Gasteiger partial charge on any atom is -0.303 e. The van der Waals surface area contributed by atoms with Gasteiger partial charge in [-0.2, -0.15) is 0 Å². The van der Waals surface area contributed by atoms with Crippen molar-refractivity contribution in [1.29, 1.82) is 0 Å². The van der Waals surface area contributed by atoms with Crippen LogP contribution in [0.4, 0.5) is 0 Å². The highest BCUT2D eigenvalue weighted by Crippen LogP contribution is 2.47. The average Bonchev–Trinajstić information content (AvgIpc) is 2.56. The Balaban J connectivity index is 2.18. The van der Waals surface area contributed by atoms with Crippen LogP contribution >= 0.6 is 11.3 Å². The third kappa shape index (κ3) is 0.924. The van der Waals surface area contributed by atoms with E-state index in [-0.39, 0.29) is 11.6 Å². The van der Waals surface area contributed by atoms with E-state index in [0.717, 1.165) is 9.75 Å². The lowest BCUT2D eigenvalue weighted by Gasteiger charge is -2.43. The Morgan fingerprint density at radius 1 is 1.06 bits per heavy atom. The number of hydrogen-bond donors (Lipinski definition) is 0. The van der Waals surface area contributed by atoms with Crippen molar-refractivity contribution < 1.29 is 9.59 Å². The molecule has 0 atom stereocenters. The molecule has 3 rings (SSSR count). The van der Waals surface area contributed by atoms with E-state index in [1.165, 1.54) is 0 Å². The number of likely N-dealkylation sites (tertiary alicyclic amines) is 1. The van der Waals surface area contributed by atoms with Gasteiger partial charge in [-0.15, -0.1) is 11.3 Å². The fraction of sp³-hybridized carbons (Fsp3) is 0.500. The molecule has 0 bridgehead atoms. The minimum atomic E-state index is -0.719. The van der Waals surface area contributed by atoms with Crippen molar-refractivity contribution in [3.8, 4) is 0 Å². The number of fused-ring (bicyclic) bond motifs is 1. The standard InChI is InChI=1S/C12H13NO2S/c1-6-8-9(7(2)16-6)11(15)12(10(8)14)4-13(3)5-12/h4-5H2,1-3H3. The lowest BCUT2D eigenvalue weighted by atomic mass is 9.75. The fourth-order valence-electron chi connectivity index (χ4n) is 2.97. The summed E-state index contributed by atoms with van der Waals surface area (Å²) in [6.45, 7) is 5.04. The van der Waals surface area contributed by atoms with E-state index in [1.54, 1.807) is 11.3 Å². The zero-order valence-electron chi connectivity index (χ0n) is 9.59. The first-order valence-corrected chi connectivity index (χ1v) is 6.17. The second-order valence-electron chi connectivity index (χ2n) is 4.88. The summed E-state index contributed by atoms with van der Waals surface area (Å²) < 4.78 is 0. The van der Waals surface area contributed by atoms with Crippen LogP contribution in [0.1, 0.15) is 30.5 Å². The second-order valence-corrected chi connectivity index (χ2v) is 6.31. The van der Waals surface area contributed by atoms with Gasteiger partial charge < -0.3 is 4.90 Å². The zero-order valence-corrected chi connectivity index (χ0v) is 10.4. The average molecular weight is 235 g/mol. The van der Waals surface area contributed by atoms with Crippen molar-refractivity contribution in [3.05, 3.63) is 20.9 Å². The summed E-state index contributed by atoms with van der Waals surface area (Å²) in [6.07, 6.45) is 0. The van der Waals surface area contributed by atoms with Crippen LogP contribution in [0.3, 0.4) is 0 Å². The molecule has 1 aliphatic carbocycles. The molecule has 0 N–H and O–H groups in total. The van der Waals surface area contributed by atoms with Gasteiger partial charge in [-0.05, 0) is 20.9 Å². The second kappa shape index (κ2) is 2.81. The molecule has 84 valence electrons. The van der Waals surface area contributed by atoms with Crippen LogP contribution in [0.15, 0.2) is 0 Å². The molecule has 1 aromatic rings. The summed E-state index contributed by atoms with van der Waals surface area (Å²) in [5.41, 5.74) is 0.698. The number of ketones is 2. The number of aryl methyl sites for hydroxylation is 2. The molecule has 1 aromatic heterocycles. The van der Waals surface area contributed by atoms with Crippen LogP contribution in [0.2, 0.25) is 0 Å². The molecule has 2 aliphatic rings. The monoisotopic (exact) mass is 235 g/mol. The van der Waals surface area contributed by atoms with Gasteiger partial charge in [0.25, 0.3) is 0 Å². The molecule has 4 heteroatoms. The molecular weight excluding hydrogens is 222 g/mol.